The van der Waals surface area contributed by atoms with E-state index in [1.54, 1.807) is 31.2 Å². The molecule has 0 bridgehead atoms. The third-order valence-electron chi connectivity index (χ3n) is 3.98. The van der Waals surface area contributed by atoms with Gasteiger partial charge in [-0.1, -0.05) is 23.7 Å². The van der Waals surface area contributed by atoms with Crippen LogP contribution >= 0.6 is 11.6 Å². The summed E-state index contributed by atoms with van der Waals surface area (Å²) in [5.41, 5.74) is 1.58. The van der Waals surface area contributed by atoms with Crippen LogP contribution in [0.25, 0.3) is 0 Å². The summed E-state index contributed by atoms with van der Waals surface area (Å²) in [7, 11) is 1.87. The van der Waals surface area contributed by atoms with E-state index in [0.717, 1.165) is 5.56 Å². The van der Waals surface area contributed by atoms with Crippen molar-refractivity contribution < 1.29 is 14.3 Å². The van der Waals surface area contributed by atoms with Crippen LogP contribution in [0.4, 0.5) is 0 Å². The van der Waals surface area contributed by atoms with Crippen LogP contribution in [0, 0.1) is 11.3 Å². The summed E-state index contributed by atoms with van der Waals surface area (Å²) < 4.78 is 11.1. The summed E-state index contributed by atoms with van der Waals surface area (Å²) in [6, 6.07) is 16.6. The zero-order valence-electron chi connectivity index (χ0n) is 15.5. The molecule has 0 aliphatic rings. The second-order valence-corrected chi connectivity index (χ2v) is 6.56. The lowest BCUT2D eigenvalue weighted by Crippen LogP contribution is -2.29. The van der Waals surface area contributed by atoms with Gasteiger partial charge in [0.05, 0.1) is 24.8 Å². The Labute approximate surface area is 165 Å². The quantitative estimate of drug-likeness (QED) is 0.604. The van der Waals surface area contributed by atoms with Gasteiger partial charge in [-0.15, -0.1) is 0 Å². The van der Waals surface area contributed by atoms with Crippen LogP contribution in [0.15, 0.2) is 48.5 Å². The molecule has 0 fully saturated rings. The van der Waals surface area contributed by atoms with E-state index < -0.39 is 0 Å². The van der Waals surface area contributed by atoms with Crippen molar-refractivity contribution in [2.45, 2.75) is 19.4 Å². The summed E-state index contributed by atoms with van der Waals surface area (Å²) in [5.74, 6) is 0.443. The monoisotopic (exact) mass is 386 g/mol. The number of hydrogen-bond donors (Lipinski definition) is 0. The van der Waals surface area contributed by atoms with E-state index >= 15 is 0 Å². The molecular formula is C21H23ClN2O3. The van der Waals surface area contributed by atoms with Crippen molar-refractivity contribution in [2.75, 3.05) is 26.7 Å². The minimum absolute atomic E-state index is 0.208. The third kappa shape index (κ3) is 6.93. The van der Waals surface area contributed by atoms with Crippen LogP contribution < -0.4 is 4.74 Å². The zero-order chi connectivity index (χ0) is 19.6. The van der Waals surface area contributed by atoms with Gasteiger partial charge in [0.2, 0.25) is 0 Å². The maximum atomic E-state index is 11.6. The van der Waals surface area contributed by atoms with E-state index in [1.165, 1.54) is 0 Å². The molecule has 1 unspecified atom stereocenters. The van der Waals surface area contributed by atoms with Gasteiger partial charge in [0, 0.05) is 18.0 Å². The molecule has 2 aromatic rings. The Kier molecular flexibility index (Phi) is 8.12. The summed E-state index contributed by atoms with van der Waals surface area (Å²) in [4.78, 5) is 13.5. The molecule has 0 amide bonds. The molecule has 0 aromatic heterocycles. The largest absolute Gasteiger partial charge is 0.486 e. The number of halogens is 1. The van der Waals surface area contributed by atoms with Crippen LogP contribution in [0.5, 0.6) is 5.75 Å². The highest BCUT2D eigenvalue weighted by atomic mass is 35.5. The van der Waals surface area contributed by atoms with Gasteiger partial charge >= 0.3 is 5.97 Å². The number of carbonyl (C=O) groups is 1. The SMILES string of the molecule is CCOC(=O)CN(C)CCC(Oc1ccc(C#N)cc1)c1ccc(Cl)cc1. The number of nitrogens with zero attached hydrogens (tertiary/aromatic N) is 2. The lowest BCUT2D eigenvalue weighted by atomic mass is 10.1. The van der Waals surface area contributed by atoms with Gasteiger partial charge < -0.3 is 9.47 Å². The van der Waals surface area contributed by atoms with E-state index in [4.69, 9.17) is 26.3 Å². The maximum Gasteiger partial charge on any atom is 0.320 e. The normalized spacial score (nSPS) is 11.7. The Hall–Kier alpha value is -2.55. The maximum absolute atomic E-state index is 11.6. The van der Waals surface area contributed by atoms with Gasteiger partial charge in [-0.25, -0.2) is 0 Å². The summed E-state index contributed by atoms with van der Waals surface area (Å²) in [6.45, 7) is 3.06. The van der Waals surface area contributed by atoms with E-state index in [-0.39, 0.29) is 18.6 Å². The second-order valence-electron chi connectivity index (χ2n) is 6.13. The highest BCUT2D eigenvalue weighted by molar-refractivity contribution is 6.30. The predicted octanol–water partition coefficient (Wildman–Crippen LogP) is 4.22. The zero-order valence-corrected chi connectivity index (χ0v) is 16.3. The predicted molar refractivity (Wildman–Crippen MR) is 105 cm³/mol. The Morgan fingerprint density at radius 1 is 1.19 bits per heavy atom. The molecule has 0 aliphatic carbocycles. The number of esters is 1. The topological polar surface area (TPSA) is 62.6 Å². The molecule has 0 aliphatic heterocycles. The Morgan fingerprint density at radius 2 is 1.85 bits per heavy atom. The number of rotatable bonds is 9. The van der Waals surface area contributed by atoms with Crippen molar-refractivity contribution in [3.63, 3.8) is 0 Å². The lowest BCUT2D eigenvalue weighted by molar-refractivity contribution is -0.144. The fraction of sp³-hybridized carbons (Fsp3) is 0.333. The highest BCUT2D eigenvalue weighted by Gasteiger charge is 2.16. The minimum atomic E-state index is -0.240. The van der Waals surface area contributed by atoms with Crippen molar-refractivity contribution in [3.05, 3.63) is 64.7 Å². The first-order valence-electron chi connectivity index (χ1n) is 8.78. The molecule has 142 valence electrons. The van der Waals surface area contributed by atoms with Gasteiger partial charge in [-0.3, -0.25) is 9.69 Å². The number of ether oxygens (including phenoxy) is 2. The fourth-order valence-corrected chi connectivity index (χ4v) is 2.71. The molecule has 6 heteroatoms. The number of carbonyl (C=O) groups excluding carboxylic acids is 1. The highest BCUT2D eigenvalue weighted by Crippen LogP contribution is 2.26. The molecule has 1 atom stereocenters. The molecule has 0 radical (unpaired) electrons. The van der Waals surface area contributed by atoms with Crippen LogP contribution in [0.1, 0.15) is 30.6 Å². The number of benzene rings is 2. The van der Waals surface area contributed by atoms with Crippen molar-refractivity contribution in [1.29, 1.82) is 5.26 Å². The number of nitriles is 1. The van der Waals surface area contributed by atoms with Crippen molar-refractivity contribution in [1.82, 2.24) is 4.90 Å². The average molecular weight is 387 g/mol. The Bertz CT molecular complexity index is 770. The summed E-state index contributed by atoms with van der Waals surface area (Å²) >= 11 is 5.99. The first kappa shape index (κ1) is 20.8. The molecule has 0 N–H and O–H groups in total. The molecule has 5 nitrogen and oxygen atoms in total. The molecule has 2 aromatic carbocycles. The Morgan fingerprint density at radius 3 is 2.44 bits per heavy atom. The fourth-order valence-electron chi connectivity index (χ4n) is 2.59. The molecule has 27 heavy (non-hydrogen) atoms. The molecular weight excluding hydrogens is 364 g/mol. The van der Waals surface area contributed by atoms with Gasteiger partial charge in [0.15, 0.2) is 0 Å². The number of hydrogen-bond acceptors (Lipinski definition) is 5. The van der Waals surface area contributed by atoms with Crippen LogP contribution in [-0.2, 0) is 9.53 Å². The van der Waals surface area contributed by atoms with Gasteiger partial charge in [-0.05, 0) is 55.9 Å². The average Bonchev–Trinajstić information content (AvgIpc) is 2.66. The van der Waals surface area contributed by atoms with Gasteiger partial charge in [0.25, 0.3) is 0 Å². The molecule has 0 saturated heterocycles. The smallest absolute Gasteiger partial charge is 0.320 e. The number of likely N-dealkylation sites (N-methyl/N-ethyl adjacent to an activating group) is 1. The first-order chi connectivity index (χ1) is 13.0. The van der Waals surface area contributed by atoms with Crippen LogP contribution in [0.3, 0.4) is 0 Å². The van der Waals surface area contributed by atoms with E-state index in [2.05, 4.69) is 6.07 Å². The van der Waals surface area contributed by atoms with Gasteiger partial charge in [-0.2, -0.15) is 5.26 Å². The lowest BCUT2D eigenvalue weighted by Gasteiger charge is -2.23. The summed E-state index contributed by atoms with van der Waals surface area (Å²) in [5, 5.41) is 9.59. The summed E-state index contributed by atoms with van der Waals surface area (Å²) in [6.07, 6.45) is 0.470. The standard InChI is InChI=1S/C21H23ClN2O3/c1-3-26-21(25)15-24(2)13-12-20(17-6-8-18(22)9-7-17)27-19-10-4-16(14-23)5-11-19/h4-11,20H,3,12-13,15H2,1-2H3. The van der Waals surface area contributed by atoms with Crippen molar-refractivity contribution in [2.24, 2.45) is 0 Å². The van der Waals surface area contributed by atoms with Crippen LogP contribution in [0.2, 0.25) is 5.02 Å². The molecule has 0 heterocycles. The Balaban J connectivity index is 2.06. The molecule has 0 saturated carbocycles. The van der Waals surface area contributed by atoms with E-state index in [9.17, 15) is 4.79 Å². The van der Waals surface area contributed by atoms with Crippen molar-refractivity contribution >= 4 is 17.6 Å². The minimum Gasteiger partial charge on any atom is -0.486 e. The van der Waals surface area contributed by atoms with Crippen molar-refractivity contribution in [3.8, 4) is 11.8 Å². The van der Waals surface area contributed by atoms with Crippen LogP contribution in [-0.4, -0.2) is 37.6 Å². The molecule has 2 rings (SSSR count). The van der Waals surface area contributed by atoms with E-state index in [1.807, 2.05) is 36.2 Å². The van der Waals surface area contributed by atoms with Gasteiger partial charge in [0.1, 0.15) is 11.9 Å². The second kappa shape index (κ2) is 10.6. The molecule has 0 spiro atoms. The third-order valence-corrected chi connectivity index (χ3v) is 4.23. The van der Waals surface area contributed by atoms with E-state index in [0.29, 0.717) is 35.9 Å². The first-order valence-corrected chi connectivity index (χ1v) is 9.16.